The molecule has 1 saturated heterocycles. The molecule has 1 fully saturated rings. The Labute approximate surface area is 125 Å². The van der Waals surface area contributed by atoms with Crippen molar-refractivity contribution in [2.75, 3.05) is 13.1 Å². The first-order chi connectivity index (χ1) is 9.38. The van der Waals surface area contributed by atoms with Crippen molar-refractivity contribution in [1.29, 1.82) is 0 Å². The molecular weight excluding hydrogens is 309 g/mol. The number of halogens is 4. The summed E-state index contributed by atoms with van der Waals surface area (Å²) in [6.45, 7) is 3.04. The minimum Gasteiger partial charge on any atom is -0.405 e. The van der Waals surface area contributed by atoms with Gasteiger partial charge in [0, 0.05) is 19.1 Å². The van der Waals surface area contributed by atoms with Crippen LogP contribution in [0.4, 0.5) is 13.2 Å². The quantitative estimate of drug-likeness (QED) is 0.864. The van der Waals surface area contributed by atoms with Gasteiger partial charge in [0.2, 0.25) is 0 Å². The van der Waals surface area contributed by atoms with E-state index in [1.54, 1.807) is 11.0 Å². The molecule has 21 heavy (non-hydrogen) atoms. The first-order valence-electron chi connectivity index (χ1n) is 6.30. The molecule has 0 bridgehead atoms. The van der Waals surface area contributed by atoms with E-state index in [1.165, 1.54) is 12.1 Å². The summed E-state index contributed by atoms with van der Waals surface area (Å²) in [7, 11) is 0. The zero-order valence-electron chi connectivity index (χ0n) is 11.1. The number of hydrogen-bond acceptors (Lipinski definition) is 3. The highest BCUT2D eigenvalue weighted by atomic mass is 35.5. The van der Waals surface area contributed by atoms with E-state index in [2.05, 4.69) is 10.1 Å². The van der Waals surface area contributed by atoms with Crippen molar-refractivity contribution < 1.29 is 22.7 Å². The SMILES string of the molecule is C[C@H]1CNC[C@H]2c3cccc(OC(F)(F)F)c3C(=O)N12.Cl. The van der Waals surface area contributed by atoms with E-state index in [9.17, 15) is 18.0 Å². The number of carbonyl (C=O) groups is 1. The van der Waals surface area contributed by atoms with Gasteiger partial charge < -0.3 is 15.0 Å². The number of ether oxygens (including phenoxy) is 1. The van der Waals surface area contributed by atoms with Crippen molar-refractivity contribution >= 4 is 18.3 Å². The summed E-state index contributed by atoms with van der Waals surface area (Å²) in [4.78, 5) is 14.0. The third-order valence-electron chi connectivity index (χ3n) is 3.68. The number of piperazine rings is 1. The normalized spacial score (nSPS) is 24.2. The second-order valence-electron chi connectivity index (χ2n) is 5.00. The summed E-state index contributed by atoms with van der Waals surface area (Å²) < 4.78 is 41.3. The number of nitrogens with zero attached hydrogens (tertiary/aromatic N) is 1. The highest BCUT2D eigenvalue weighted by molar-refractivity contribution is 6.02. The predicted molar refractivity (Wildman–Crippen MR) is 71.6 cm³/mol. The number of carbonyl (C=O) groups excluding carboxylic acids is 1. The Morgan fingerprint density at radius 3 is 2.71 bits per heavy atom. The molecule has 0 radical (unpaired) electrons. The number of rotatable bonds is 1. The highest BCUT2D eigenvalue weighted by Gasteiger charge is 2.44. The van der Waals surface area contributed by atoms with Gasteiger partial charge in [-0.25, -0.2) is 0 Å². The molecule has 0 aliphatic carbocycles. The number of benzene rings is 1. The van der Waals surface area contributed by atoms with Gasteiger partial charge in [-0.1, -0.05) is 12.1 Å². The Morgan fingerprint density at radius 2 is 2.05 bits per heavy atom. The molecule has 1 aromatic carbocycles. The molecule has 1 aromatic rings. The Balaban J connectivity index is 0.00000161. The van der Waals surface area contributed by atoms with Gasteiger partial charge in [0.25, 0.3) is 5.91 Å². The third kappa shape index (κ3) is 2.67. The van der Waals surface area contributed by atoms with Gasteiger partial charge in [-0.05, 0) is 18.6 Å². The van der Waals surface area contributed by atoms with E-state index in [-0.39, 0.29) is 36.0 Å². The Morgan fingerprint density at radius 1 is 1.33 bits per heavy atom. The van der Waals surface area contributed by atoms with E-state index in [1.807, 2.05) is 6.92 Å². The Hall–Kier alpha value is -1.47. The maximum absolute atomic E-state index is 12.4. The van der Waals surface area contributed by atoms with E-state index < -0.39 is 12.1 Å². The second-order valence-corrected chi connectivity index (χ2v) is 5.00. The molecule has 2 atom stereocenters. The van der Waals surface area contributed by atoms with Gasteiger partial charge in [0.1, 0.15) is 5.75 Å². The lowest BCUT2D eigenvalue weighted by atomic mass is 10.0. The maximum atomic E-state index is 12.4. The summed E-state index contributed by atoms with van der Waals surface area (Å²) in [5, 5.41) is 3.18. The lowest BCUT2D eigenvalue weighted by Crippen LogP contribution is -2.50. The molecule has 1 amide bonds. The van der Waals surface area contributed by atoms with E-state index >= 15 is 0 Å². The van der Waals surface area contributed by atoms with Crippen LogP contribution >= 0.6 is 12.4 Å². The zero-order valence-corrected chi connectivity index (χ0v) is 11.9. The van der Waals surface area contributed by atoms with Gasteiger partial charge in [0.05, 0.1) is 11.6 Å². The summed E-state index contributed by atoms with van der Waals surface area (Å²) >= 11 is 0. The minimum atomic E-state index is -4.80. The number of amides is 1. The average molecular weight is 323 g/mol. The molecule has 2 heterocycles. The fourth-order valence-electron chi connectivity index (χ4n) is 2.93. The molecule has 0 unspecified atom stereocenters. The first-order valence-corrected chi connectivity index (χ1v) is 6.30. The fourth-order valence-corrected chi connectivity index (χ4v) is 2.93. The number of fused-ring (bicyclic) bond motifs is 3. The molecule has 8 heteroatoms. The maximum Gasteiger partial charge on any atom is 0.573 e. The van der Waals surface area contributed by atoms with Crippen LogP contribution < -0.4 is 10.1 Å². The summed E-state index contributed by atoms with van der Waals surface area (Å²) in [5.74, 6) is -0.805. The van der Waals surface area contributed by atoms with Crippen LogP contribution in [-0.4, -0.2) is 36.3 Å². The molecule has 0 aromatic heterocycles. The number of alkyl halides is 3. The molecule has 0 spiro atoms. The second kappa shape index (κ2) is 5.38. The van der Waals surface area contributed by atoms with Crippen LogP contribution in [0.1, 0.15) is 28.9 Å². The molecule has 0 saturated carbocycles. The van der Waals surface area contributed by atoms with Gasteiger partial charge in [-0.15, -0.1) is 25.6 Å². The summed E-state index contributed by atoms with van der Waals surface area (Å²) in [5.41, 5.74) is 0.626. The highest BCUT2D eigenvalue weighted by Crippen LogP contribution is 2.41. The summed E-state index contributed by atoms with van der Waals surface area (Å²) in [6.07, 6.45) is -4.80. The zero-order chi connectivity index (χ0) is 14.5. The van der Waals surface area contributed by atoms with Crippen molar-refractivity contribution in [3.63, 3.8) is 0 Å². The van der Waals surface area contributed by atoms with Crippen LogP contribution in [0.15, 0.2) is 18.2 Å². The van der Waals surface area contributed by atoms with Crippen molar-refractivity contribution in [3.05, 3.63) is 29.3 Å². The Bertz CT molecular complexity index is 565. The van der Waals surface area contributed by atoms with E-state index in [0.29, 0.717) is 18.7 Å². The average Bonchev–Trinajstić information content (AvgIpc) is 2.64. The van der Waals surface area contributed by atoms with Crippen molar-refractivity contribution in [3.8, 4) is 5.75 Å². The standard InChI is InChI=1S/C13H13F3N2O2.ClH/c1-7-5-17-6-9-8-3-2-4-10(20-13(14,15)16)11(8)12(19)18(7)9;/h2-4,7,9,17H,5-6H2,1H3;1H/t7-,9-;/m0./s1. The van der Waals surface area contributed by atoms with E-state index in [4.69, 9.17) is 0 Å². The number of nitrogens with one attached hydrogen (secondary N) is 1. The minimum absolute atomic E-state index is 0. The molecule has 1 N–H and O–H groups in total. The van der Waals surface area contributed by atoms with Crippen LogP contribution in [-0.2, 0) is 0 Å². The lowest BCUT2D eigenvalue weighted by molar-refractivity contribution is -0.274. The van der Waals surface area contributed by atoms with Crippen LogP contribution in [0.25, 0.3) is 0 Å². The molecule has 116 valence electrons. The fraction of sp³-hybridized carbons (Fsp3) is 0.462. The molecular formula is C13H14ClF3N2O2. The van der Waals surface area contributed by atoms with Crippen LogP contribution in [0, 0.1) is 0 Å². The van der Waals surface area contributed by atoms with Crippen molar-refractivity contribution in [1.82, 2.24) is 10.2 Å². The van der Waals surface area contributed by atoms with Crippen molar-refractivity contribution in [2.24, 2.45) is 0 Å². The Kier molecular flexibility index (Phi) is 4.08. The smallest absolute Gasteiger partial charge is 0.405 e. The van der Waals surface area contributed by atoms with Crippen LogP contribution in [0.2, 0.25) is 0 Å². The topological polar surface area (TPSA) is 41.6 Å². The molecule has 3 rings (SSSR count). The van der Waals surface area contributed by atoms with Crippen molar-refractivity contribution in [2.45, 2.75) is 25.4 Å². The van der Waals surface area contributed by atoms with Gasteiger partial charge in [-0.2, -0.15) is 0 Å². The number of hydrogen-bond donors (Lipinski definition) is 1. The van der Waals surface area contributed by atoms with Crippen LogP contribution in [0.3, 0.4) is 0 Å². The molecule has 2 aliphatic heterocycles. The predicted octanol–water partition coefficient (Wildman–Crippen LogP) is 2.50. The molecule has 2 aliphatic rings. The summed E-state index contributed by atoms with van der Waals surface area (Å²) in [6, 6.07) is 4.06. The molecule has 4 nitrogen and oxygen atoms in total. The van der Waals surface area contributed by atoms with Gasteiger partial charge in [-0.3, -0.25) is 4.79 Å². The van der Waals surface area contributed by atoms with Gasteiger partial charge in [0.15, 0.2) is 0 Å². The lowest BCUT2D eigenvalue weighted by Gasteiger charge is -2.36. The van der Waals surface area contributed by atoms with E-state index in [0.717, 1.165) is 0 Å². The van der Waals surface area contributed by atoms with Crippen LogP contribution in [0.5, 0.6) is 5.75 Å². The largest absolute Gasteiger partial charge is 0.573 e. The first kappa shape index (κ1) is 15.9. The van der Waals surface area contributed by atoms with Gasteiger partial charge >= 0.3 is 6.36 Å². The monoisotopic (exact) mass is 322 g/mol. The third-order valence-corrected chi connectivity index (χ3v) is 3.68.